The van der Waals surface area contributed by atoms with Crippen molar-refractivity contribution in [2.24, 2.45) is 0 Å². The van der Waals surface area contributed by atoms with E-state index in [0.717, 1.165) is 32.1 Å². The number of hydrogen-bond acceptors (Lipinski definition) is 4. The zero-order valence-corrected chi connectivity index (χ0v) is 32.6. The lowest BCUT2D eigenvalue weighted by molar-refractivity contribution is -0.131. The molecule has 5 heteroatoms. The van der Waals surface area contributed by atoms with Crippen LogP contribution in [-0.4, -0.2) is 46.1 Å². The Morgan fingerprint density at radius 2 is 0.667 bits per heavy atom. The predicted octanol–water partition coefficient (Wildman–Crippen LogP) is 12.3. The SMILES string of the molecule is CCCCCCCCCCCCCCCCCCCC(O)C(=O)NC(CO)C(O)CCCCCCCCCCCCCCCCCCC. The minimum atomic E-state index is -1.07. The van der Waals surface area contributed by atoms with Gasteiger partial charge in [0, 0.05) is 0 Å². The van der Waals surface area contributed by atoms with Crippen molar-refractivity contribution in [2.75, 3.05) is 6.61 Å². The minimum absolute atomic E-state index is 0.308. The standard InChI is InChI=1S/C43H87NO4/c1-3-5-7-9-11-13-15-17-19-21-23-25-27-29-31-33-35-37-41(46)40(39-45)44-43(48)42(47)38-36-34-32-30-28-26-24-22-20-18-16-14-12-10-8-6-4-2/h40-42,45-47H,3-39H2,1-2H3,(H,44,48). The lowest BCUT2D eigenvalue weighted by Crippen LogP contribution is -2.49. The predicted molar refractivity (Wildman–Crippen MR) is 209 cm³/mol. The van der Waals surface area contributed by atoms with Crippen molar-refractivity contribution in [1.82, 2.24) is 5.32 Å². The van der Waals surface area contributed by atoms with E-state index in [-0.39, 0.29) is 6.61 Å². The smallest absolute Gasteiger partial charge is 0.249 e. The fraction of sp³-hybridized carbons (Fsp3) is 0.977. The number of aliphatic hydroxyl groups is 3. The summed E-state index contributed by atoms with van der Waals surface area (Å²) in [5, 5.41) is 33.3. The van der Waals surface area contributed by atoms with Crippen LogP contribution in [0.4, 0.5) is 0 Å². The quantitative estimate of drug-likeness (QED) is 0.0485. The summed E-state index contributed by atoms with van der Waals surface area (Å²) in [6, 6.07) is -0.705. The van der Waals surface area contributed by atoms with Crippen LogP contribution in [0.2, 0.25) is 0 Å². The molecule has 0 aromatic carbocycles. The monoisotopic (exact) mass is 682 g/mol. The second-order valence-electron chi connectivity index (χ2n) is 15.3. The molecular weight excluding hydrogens is 594 g/mol. The van der Waals surface area contributed by atoms with Gasteiger partial charge in [-0.25, -0.2) is 0 Å². The molecule has 0 aromatic rings. The third kappa shape index (κ3) is 33.8. The Kier molecular flexibility index (Phi) is 38.6. The molecule has 5 nitrogen and oxygen atoms in total. The molecule has 0 aliphatic rings. The topological polar surface area (TPSA) is 89.8 Å². The van der Waals surface area contributed by atoms with Crippen LogP contribution in [0.3, 0.4) is 0 Å². The summed E-state index contributed by atoms with van der Waals surface area (Å²) in [4.78, 5) is 12.5. The summed E-state index contributed by atoms with van der Waals surface area (Å²) >= 11 is 0. The van der Waals surface area contributed by atoms with E-state index in [9.17, 15) is 20.1 Å². The normalized spacial score (nSPS) is 13.5. The van der Waals surface area contributed by atoms with E-state index in [1.54, 1.807) is 0 Å². The van der Waals surface area contributed by atoms with E-state index in [1.807, 2.05) is 0 Å². The third-order valence-electron chi connectivity index (χ3n) is 10.5. The first-order valence-electron chi connectivity index (χ1n) is 21.8. The van der Waals surface area contributed by atoms with Crippen LogP contribution in [0.15, 0.2) is 0 Å². The van der Waals surface area contributed by atoms with E-state index in [4.69, 9.17) is 0 Å². The molecule has 0 aromatic heterocycles. The zero-order valence-electron chi connectivity index (χ0n) is 32.6. The van der Waals surface area contributed by atoms with Crippen molar-refractivity contribution in [1.29, 1.82) is 0 Å². The lowest BCUT2D eigenvalue weighted by atomic mass is 10.0. The molecule has 3 unspecified atom stereocenters. The molecule has 0 bridgehead atoms. The van der Waals surface area contributed by atoms with Gasteiger partial charge in [-0.3, -0.25) is 4.79 Å². The van der Waals surface area contributed by atoms with Crippen LogP contribution in [-0.2, 0) is 4.79 Å². The van der Waals surface area contributed by atoms with Crippen LogP contribution in [0, 0.1) is 0 Å². The number of aliphatic hydroxyl groups excluding tert-OH is 3. The maximum atomic E-state index is 12.5. The molecule has 0 aliphatic carbocycles. The Morgan fingerprint density at radius 1 is 0.417 bits per heavy atom. The summed E-state index contributed by atoms with van der Waals surface area (Å²) in [7, 11) is 0. The van der Waals surface area contributed by atoms with Crippen LogP contribution >= 0.6 is 0 Å². The highest BCUT2D eigenvalue weighted by Crippen LogP contribution is 2.17. The molecule has 0 heterocycles. The van der Waals surface area contributed by atoms with Gasteiger partial charge in [-0.05, 0) is 12.8 Å². The Bertz CT molecular complexity index is 630. The van der Waals surface area contributed by atoms with Crippen LogP contribution < -0.4 is 5.32 Å². The van der Waals surface area contributed by atoms with Gasteiger partial charge in [0.15, 0.2) is 0 Å². The molecule has 0 fully saturated rings. The number of amides is 1. The van der Waals surface area contributed by atoms with E-state index in [2.05, 4.69) is 19.2 Å². The number of rotatable bonds is 40. The molecule has 0 radical (unpaired) electrons. The summed E-state index contributed by atoms with van der Waals surface area (Å²) < 4.78 is 0. The number of unbranched alkanes of at least 4 members (excludes halogenated alkanes) is 32. The molecule has 0 spiro atoms. The van der Waals surface area contributed by atoms with E-state index < -0.39 is 24.2 Å². The molecule has 0 rings (SSSR count). The van der Waals surface area contributed by atoms with Crippen molar-refractivity contribution < 1.29 is 20.1 Å². The number of carbonyl (C=O) groups excluding carboxylic acids is 1. The van der Waals surface area contributed by atoms with Gasteiger partial charge in [0.25, 0.3) is 0 Å². The van der Waals surface area contributed by atoms with Crippen molar-refractivity contribution in [3.63, 3.8) is 0 Å². The van der Waals surface area contributed by atoms with Gasteiger partial charge in [0.2, 0.25) is 5.91 Å². The highest BCUT2D eigenvalue weighted by atomic mass is 16.3. The van der Waals surface area contributed by atoms with Crippen molar-refractivity contribution in [3.05, 3.63) is 0 Å². The maximum Gasteiger partial charge on any atom is 0.249 e. The van der Waals surface area contributed by atoms with E-state index in [0.29, 0.717) is 12.8 Å². The molecule has 0 saturated heterocycles. The first kappa shape index (κ1) is 47.4. The summed E-state index contributed by atoms with van der Waals surface area (Å²) in [5.41, 5.74) is 0. The van der Waals surface area contributed by atoms with Crippen LogP contribution in [0.25, 0.3) is 0 Å². The Balaban J connectivity index is 3.59. The van der Waals surface area contributed by atoms with E-state index >= 15 is 0 Å². The van der Waals surface area contributed by atoms with Gasteiger partial charge in [0.1, 0.15) is 6.10 Å². The molecule has 48 heavy (non-hydrogen) atoms. The third-order valence-corrected chi connectivity index (χ3v) is 10.5. The Hall–Kier alpha value is -0.650. The number of hydrogen-bond donors (Lipinski definition) is 4. The zero-order chi connectivity index (χ0) is 35.2. The summed E-state index contributed by atoms with van der Waals surface area (Å²) in [6.07, 6.45) is 43.8. The number of nitrogens with one attached hydrogen (secondary N) is 1. The first-order valence-corrected chi connectivity index (χ1v) is 21.8. The Morgan fingerprint density at radius 3 is 0.938 bits per heavy atom. The van der Waals surface area contributed by atoms with E-state index in [1.165, 1.54) is 186 Å². The first-order chi connectivity index (χ1) is 23.6. The molecule has 0 aliphatic heterocycles. The fourth-order valence-electron chi connectivity index (χ4n) is 7.02. The molecule has 4 N–H and O–H groups in total. The molecule has 1 amide bonds. The molecular formula is C43H87NO4. The second kappa shape index (κ2) is 39.1. The van der Waals surface area contributed by atoms with Gasteiger partial charge in [-0.15, -0.1) is 0 Å². The van der Waals surface area contributed by atoms with Crippen molar-refractivity contribution in [2.45, 2.75) is 263 Å². The van der Waals surface area contributed by atoms with Gasteiger partial charge >= 0.3 is 0 Å². The largest absolute Gasteiger partial charge is 0.394 e. The average molecular weight is 682 g/mol. The Labute approximate surface area is 300 Å². The maximum absolute atomic E-state index is 12.5. The molecule has 0 saturated carbocycles. The molecule has 288 valence electrons. The van der Waals surface area contributed by atoms with Gasteiger partial charge in [0.05, 0.1) is 18.8 Å². The average Bonchev–Trinajstić information content (AvgIpc) is 3.09. The highest BCUT2D eigenvalue weighted by Gasteiger charge is 2.23. The van der Waals surface area contributed by atoms with Crippen LogP contribution in [0.5, 0.6) is 0 Å². The molecule has 3 atom stereocenters. The lowest BCUT2D eigenvalue weighted by Gasteiger charge is -2.23. The minimum Gasteiger partial charge on any atom is -0.394 e. The van der Waals surface area contributed by atoms with Crippen molar-refractivity contribution >= 4 is 5.91 Å². The van der Waals surface area contributed by atoms with Crippen molar-refractivity contribution in [3.8, 4) is 0 Å². The highest BCUT2D eigenvalue weighted by molar-refractivity contribution is 5.80. The van der Waals surface area contributed by atoms with Gasteiger partial charge in [-0.1, -0.05) is 232 Å². The fourth-order valence-corrected chi connectivity index (χ4v) is 7.02. The summed E-state index contributed by atoms with van der Waals surface area (Å²) in [5.74, 6) is -0.466. The van der Waals surface area contributed by atoms with Gasteiger partial charge < -0.3 is 20.6 Å². The second-order valence-corrected chi connectivity index (χ2v) is 15.3. The van der Waals surface area contributed by atoms with Crippen LogP contribution in [0.1, 0.15) is 245 Å². The van der Waals surface area contributed by atoms with Gasteiger partial charge in [-0.2, -0.15) is 0 Å². The summed E-state index contributed by atoms with van der Waals surface area (Å²) in [6.45, 7) is 4.25. The number of carbonyl (C=O) groups is 1.